The fraction of sp³-hybridized carbons (Fsp3) is 0.547. The third-order valence-corrected chi connectivity index (χ3v) is 18.8. The normalized spacial score (nSPS) is 25.2. The van der Waals surface area contributed by atoms with Crippen molar-refractivity contribution in [2.24, 2.45) is 17.8 Å². The second-order valence-electron chi connectivity index (χ2n) is 24.6. The number of aromatic nitrogens is 2. The maximum atomic E-state index is 13.9. The van der Waals surface area contributed by atoms with Gasteiger partial charge < -0.3 is 38.4 Å². The molecule has 5 heterocycles. The SMILES string of the molecule is CC[C@@]1(O)C(=O)OCc2c1cc1n(c2=O)Cc2cc3c(COC(C)(C)C)c(OC(=O)N4CCN(CCCCCCN(C)c5ccc([C@H]6CC7[C@@H](CC[C@]7(OC(C)=O)C(C)=O)[C@@H]7CCC8=CC(=O)CCC8=C76)cc5)CC4)ccc3nc2-1. The summed E-state index contributed by atoms with van der Waals surface area (Å²) in [6.45, 7) is 15.3. The van der Waals surface area contributed by atoms with Gasteiger partial charge >= 0.3 is 18.0 Å². The third-order valence-electron chi connectivity index (χ3n) is 18.8. The van der Waals surface area contributed by atoms with Gasteiger partial charge in [0.2, 0.25) is 0 Å². The molecule has 1 saturated heterocycles. The van der Waals surface area contributed by atoms with Gasteiger partial charge in [0.05, 0.1) is 41.2 Å². The zero-order valence-electron chi connectivity index (χ0n) is 47.6. The second-order valence-corrected chi connectivity index (χ2v) is 24.6. The third kappa shape index (κ3) is 10.2. The summed E-state index contributed by atoms with van der Waals surface area (Å²) < 4.78 is 25.4. The average Bonchev–Trinajstić information content (AvgIpc) is 4.21. The van der Waals surface area contributed by atoms with Crippen LogP contribution in [0.5, 0.6) is 5.75 Å². The molecule has 3 fully saturated rings. The number of hydrogen-bond acceptors (Lipinski definition) is 14. The van der Waals surface area contributed by atoms with Crippen molar-refractivity contribution in [1.29, 1.82) is 0 Å². The fourth-order valence-electron chi connectivity index (χ4n) is 14.5. The lowest BCUT2D eigenvalue weighted by atomic mass is 9.56. The van der Waals surface area contributed by atoms with Crippen LogP contribution in [-0.2, 0) is 58.7 Å². The lowest BCUT2D eigenvalue weighted by Gasteiger charge is -2.49. The van der Waals surface area contributed by atoms with Crippen molar-refractivity contribution in [1.82, 2.24) is 19.4 Å². The highest BCUT2D eigenvalue weighted by Crippen LogP contribution is 2.62. The standard InChI is InChI=1S/C64H77N5O11/c1-8-63(76)52-34-55-58-42(35-69(55)59(73)51(52)36-77-60(63)74)32-49-50(37-78-62(4,5)6)56(22-21-54(49)65-58)79-61(75)68-29-27-67(28-30-68)26-12-10-9-11-25-66(7)43-16-13-40(14-17-43)48-33-53-46(23-24-64(53,38(2)70)80-39(3)71)47-19-15-41-31-44(72)18-20-45(41)57(47)48/h13-14,16-17,21-22,31-32,34,46-48,53,76H,8-12,15,18-20,23-30,33,35-37H2,1-7H3/t46-,47-,48+,53?,63-,64-/m0/s1. The Morgan fingerprint density at radius 3 is 2.41 bits per heavy atom. The molecule has 16 nitrogen and oxygen atoms in total. The van der Waals surface area contributed by atoms with Gasteiger partial charge in [-0.2, -0.15) is 0 Å². The minimum atomic E-state index is -1.92. The van der Waals surface area contributed by atoms with E-state index < -0.39 is 34.8 Å². The average molecular weight is 1090 g/mol. The minimum Gasteiger partial charge on any atom is -0.458 e. The monoisotopic (exact) mass is 1090 g/mol. The summed E-state index contributed by atoms with van der Waals surface area (Å²) in [5.74, 6) is 0.00208. The molecule has 2 aromatic carbocycles. The number of carbonyl (C=O) groups excluding carboxylic acids is 5. The Kier molecular flexibility index (Phi) is 15.1. The number of ether oxygens (including phenoxy) is 4. The maximum Gasteiger partial charge on any atom is 0.415 e. The quantitative estimate of drug-likeness (QED) is 0.0771. The van der Waals surface area contributed by atoms with Crippen LogP contribution in [0.1, 0.15) is 152 Å². The number of unbranched alkanes of at least 4 members (excludes halogenated alkanes) is 3. The van der Waals surface area contributed by atoms with E-state index in [1.165, 1.54) is 29.2 Å². The number of rotatable bonds is 15. The van der Waals surface area contributed by atoms with Crippen LogP contribution in [0.3, 0.4) is 0 Å². The number of carbonyl (C=O) groups is 5. The lowest BCUT2D eigenvalue weighted by Crippen LogP contribution is -2.50. The number of pyridine rings is 2. The van der Waals surface area contributed by atoms with Crippen LogP contribution >= 0.6 is 0 Å². The molecule has 4 aromatic rings. The molecular weight excluding hydrogens is 1010 g/mol. The van der Waals surface area contributed by atoms with Crippen LogP contribution in [-0.4, -0.2) is 112 Å². The molecule has 7 aliphatic rings. The first-order chi connectivity index (χ1) is 38.3. The minimum absolute atomic E-state index is 0.0437. The van der Waals surface area contributed by atoms with E-state index in [9.17, 15) is 33.9 Å². The predicted molar refractivity (Wildman–Crippen MR) is 302 cm³/mol. The highest BCUT2D eigenvalue weighted by atomic mass is 16.6. The van der Waals surface area contributed by atoms with E-state index in [0.717, 1.165) is 101 Å². The van der Waals surface area contributed by atoms with Gasteiger partial charge in [-0.15, -0.1) is 0 Å². The molecule has 2 saturated carbocycles. The molecular formula is C64H77N5O11. The summed E-state index contributed by atoms with van der Waals surface area (Å²) in [7, 11) is 2.15. The Morgan fingerprint density at radius 2 is 1.69 bits per heavy atom. The molecule has 6 atom stereocenters. The number of benzene rings is 2. The van der Waals surface area contributed by atoms with Gasteiger partial charge in [0.1, 0.15) is 12.4 Å². The van der Waals surface area contributed by atoms with Crippen molar-refractivity contribution in [3.8, 4) is 17.1 Å². The smallest absolute Gasteiger partial charge is 0.415 e. The van der Waals surface area contributed by atoms with E-state index >= 15 is 0 Å². The Hall–Kier alpha value is -6.49. The van der Waals surface area contributed by atoms with Gasteiger partial charge in [-0.05, 0) is 163 Å². The molecule has 4 aliphatic carbocycles. The number of cyclic esters (lactones) is 1. The molecule has 16 heteroatoms. The summed E-state index contributed by atoms with van der Waals surface area (Å²) in [6, 6.07) is 16.2. The Labute approximate surface area is 468 Å². The van der Waals surface area contributed by atoms with Crippen molar-refractivity contribution in [2.45, 2.75) is 161 Å². The largest absolute Gasteiger partial charge is 0.458 e. The van der Waals surface area contributed by atoms with E-state index in [4.69, 9.17) is 23.9 Å². The number of amides is 1. The number of fused-ring (bicyclic) bond motifs is 9. The van der Waals surface area contributed by atoms with Crippen molar-refractivity contribution >= 4 is 46.2 Å². The number of anilines is 1. The zero-order valence-corrected chi connectivity index (χ0v) is 47.6. The predicted octanol–water partition coefficient (Wildman–Crippen LogP) is 9.61. The zero-order chi connectivity index (χ0) is 56.4. The van der Waals surface area contributed by atoms with Crippen molar-refractivity contribution in [3.05, 3.63) is 109 Å². The van der Waals surface area contributed by atoms with E-state index in [2.05, 4.69) is 41.1 Å². The fourth-order valence-corrected chi connectivity index (χ4v) is 14.5. The molecule has 0 spiro atoms. The molecule has 0 radical (unpaired) electrons. The van der Waals surface area contributed by atoms with Crippen molar-refractivity contribution < 1.29 is 48.0 Å². The van der Waals surface area contributed by atoms with Gasteiger partial charge in [0.25, 0.3) is 5.56 Å². The number of aliphatic hydroxyl groups is 1. The number of esters is 2. The number of hydrogen-bond donors (Lipinski definition) is 1. The summed E-state index contributed by atoms with van der Waals surface area (Å²) in [5, 5.41) is 12.1. The topological polar surface area (TPSA) is 187 Å². The number of nitrogens with zero attached hydrogens (tertiary/aromatic N) is 5. The molecule has 1 N–H and O–H groups in total. The van der Waals surface area contributed by atoms with Gasteiger partial charge in [-0.25, -0.2) is 14.6 Å². The number of allylic oxidation sites excluding steroid dienone is 4. The summed E-state index contributed by atoms with van der Waals surface area (Å²) in [6.07, 6.45) is 11.2. The molecule has 2 aromatic heterocycles. The summed E-state index contributed by atoms with van der Waals surface area (Å²) in [5.41, 5.74) is 6.29. The van der Waals surface area contributed by atoms with E-state index in [-0.39, 0.29) is 72.2 Å². The van der Waals surface area contributed by atoms with E-state index in [1.807, 2.05) is 39.0 Å². The first-order valence-electron chi connectivity index (χ1n) is 29.2. The first-order valence-corrected chi connectivity index (χ1v) is 29.2. The summed E-state index contributed by atoms with van der Waals surface area (Å²) in [4.78, 5) is 90.4. The van der Waals surface area contributed by atoms with Gasteiger partial charge in [-0.3, -0.25) is 24.1 Å². The van der Waals surface area contributed by atoms with Gasteiger partial charge in [0, 0.05) is 92.7 Å². The van der Waals surface area contributed by atoms with Crippen LogP contribution in [0.15, 0.2) is 76.1 Å². The van der Waals surface area contributed by atoms with Crippen molar-refractivity contribution in [2.75, 3.05) is 51.2 Å². The molecule has 1 unspecified atom stereocenters. The van der Waals surface area contributed by atoms with E-state index in [1.54, 1.807) is 35.4 Å². The molecule has 3 aliphatic heterocycles. The summed E-state index contributed by atoms with van der Waals surface area (Å²) >= 11 is 0. The second kappa shape index (κ2) is 21.8. The molecule has 1 amide bonds. The van der Waals surface area contributed by atoms with Gasteiger partial charge in [0.15, 0.2) is 22.8 Å². The first kappa shape index (κ1) is 55.4. The van der Waals surface area contributed by atoms with Crippen LogP contribution in [0.4, 0.5) is 10.5 Å². The maximum absolute atomic E-state index is 13.9. The Bertz CT molecular complexity index is 3290. The van der Waals surface area contributed by atoms with Crippen LogP contribution in [0.2, 0.25) is 0 Å². The Balaban J connectivity index is 0.677. The van der Waals surface area contributed by atoms with E-state index in [0.29, 0.717) is 60.1 Å². The van der Waals surface area contributed by atoms with Crippen LogP contribution in [0.25, 0.3) is 22.3 Å². The van der Waals surface area contributed by atoms with Crippen molar-refractivity contribution in [3.63, 3.8) is 0 Å². The Morgan fingerprint density at radius 1 is 0.925 bits per heavy atom. The highest BCUT2D eigenvalue weighted by Gasteiger charge is 2.60. The molecule has 0 bridgehead atoms. The number of ketones is 2. The number of Topliss-reactive ketones (excluding diaryl/α,β-unsaturated/α-hetero) is 1. The van der Waals surface area contributed by atoms with Gasteiger partial charge in [-0.1, -0.05) is 37.5 Å². The lowest BCUT2D eigenvalue weighted by molar-refractivity contribution is -0.172. The number of piperazine rings is 1. The molecule has 80 heavy (non-hydrogen) atoms. The molecule has 424 valence electrons. The molecule has 11 rings (SSSR count). The highest BCUT2D eigenvalue weighted by molar-refractivity contribution is 5.93. The van der Waals surface area contributed by atoms with Crippen LogP contribution < -0.4 is 15.2 Å². The van der Waals surface area contributed by atoms with Crippen LogP contribution in [0, 0.1) is 17.8 Å².